The van der Waals surface area contributed by atoms with Crippen LogP contribution in [0.5, 0.6) is 0 Å². The molecule has 10 atom stereocenters. The van der Waals surface area contributed by atoms with Crippen molar-refractivity contribution >= 4 is 48.1 Å². The van der Waals surface area contributed by atoms with Crippen molar-refractivity contribution in [3.05, 3.63) is 35.9 Å². The Bertz CT molecular complexity index is 2180. The monoisotopic (exact) mass is 1070 g/mol. The first-order valence-corrected chi connectivity index (χ1v) is 24.3. The Hall–Kier alpha value is -2.93. The summed E-state index contributed by atoms with van der Waals surface area (Å²) in [6.07, 6.45) is 0. The summed E-state index contributed by atoms with van der Waals surface area (Å²) in [4.78, 5) is 83.9. The van der Waals surface area contributed by atoms with Gasteiger partial charge in [-0.05, 0) is 130 Å². The van der Waals surface area contributed by atoms with Gasteiger partial charge in [0.05, 0.1) is 48.6 Å². The number of amides is 1. The van der Waals surface area contributed by atoms with Crippen molar-refractivity contribution in [3.8, 4) is 0 Å². The smallest absolute Gasteiger partial charge is 0.691 e. The largest absolute Gasteiger partial charge is 1.00 e. The zero-order valence-electron chi connectivity index (χ0n) is 47.4. The number of methoxy groups -OCH3 is 1. The van der Waals surface area contributed by atoms with Crippen LogP contribution < -0.4 is 40.1 Å². The van der Waals surface area contributed by atoms with Gasteiger partial charge < -0.3 is 53.2 Å². The van der Waals surface area contributed by atoms with Crippen LogP contribution in [0.15, 0.2) is 30.3 Å². The van der Waals surface area contributed by atoms with Gasteiger partial charge in [0.15, 0.2) is 34.9 Å². The Morgan fingerprint density at radius 3 is 1.55 bits per heavy atom. The SMILES string of the molecule is COC(=O)C1(C)OC(C)(COC[C@@]2(C)[C@](C)(NC(C)=O)C(C)(OCc3ccccc3)OC(C)(COC(C)=O)[C@@]2(C)OSOO[O-])[C@@](C)(OC(=O)C(C)(C)C)[C@@](C)(OC(=O)C(C)(C)C)[C@]1(C)OC(=O)C(C)(C)C.[Na+]. The van der Waals surface area contributed by atoms with Crippen LogP contribution >= 0.6 is 12.3 Å². The molecule has 0 aromatic heterocycles. The van der Waals surface area contributed by atoms with Gasteiger partial charge in [-0.15, -0.1) is 4.33 Å². The first kappa shape index (κ1) is 66.2. The Morgan fingerprint density at radius 2 is 1.11 bits per heavy atom. The second kappa shape index (κ2) is 22.6. The predicted molar refractivity (Wildman–Crippen MR) is 258 cm³/mol. The van der Waals surface area contributed by atoms with Gasteiger partial charge >= 0.3 is 59.4 Å². The maximum absolute atomic E-state index is 14.6. The van der Waals surface area contributed by atoms with Crippen LogP contribution in [-0.4, -0.2) is 113 Å². The predicted octanol–water partition coefficient (Wildman–Crippen LogP) is 3.52. The number of ether oxygens (including phenoxy) is 9. The molecule has 0 radical (unpaired) electrons. The molecule has 1 amide bonds. The summed E-state index contributed by atoms with van der Waals surface area (Å²) in [5.41, 5.74) is -21.7. The number of esters is 5. The number of rotatable bonds is 18. The number of hydrogen-bond acceptors (Lipinski definition) is 20. The molecule has 20 nitrogen and oxygen atoms in total. The molecular formula is C51H80NNaO19S. The summed E-state index contributed by atoms with van der Waals surface area (Å²) in [5.74, 6) is -6.69. The normalized spacial score (nSPS) is 34.6. The Kier molecular flexibility index (Phi) is 20.5. The minimum absolute atomic E-state index is 0. The molecule has 22 heteroatoms. The summed E-state index contributed by atoms with van der Waals surface area (Å²) < 4.78 is 69.3. The van der Waals surface area contributed by atoms with Crippen molar-refractivity contribution in [3.63, 3.8) is 0 Å². The van der Waals surface area contributed by atoms with Crippen molar-refractivity contribution < 1.29 is 120 Å². The molecular weight excluding hydrogens is 986 g/mol. The van der Waals surface area contributed by atoms with E-state index in [9.17, 15) is 34.0 Å². The summed E-state index contributed by atoms with van der Waals surface area (Å²) in [7, 11) is 1.10. The van der Waals surface area contributed by atoms with E-state index in [1.54, 1.807) is 96.9 Å². The molecule has 1 aromatic rings. The first-order chi connectivity index (χ1) is 32.5. The number of carbonyl (C=O) groups excluding carboxylic acids is 6. The van der Waals surface area contributed by atoms with Gasteiger partial charge in [0.1, 0.15) is 28.9 Å². The molecule has 0 spiro atoms. The topological polar surface area (TPSA) is 248 Å². The van der Waals surface area contributed by atoms with Gasteiger partial charge in [0.25, 0.3) is 0 Å². The minimum atomic E-state index is -2.40. The molecule has 73 heavy (non-hydrogen) atoms. The molecule has 0 aliphatic carbocycles. The molecule has 0 saturated carbocycles. The van der Waals surface area contributed by atoms with Gasteiger partial charge in [0, 0.05) is 13.8 Å². The zero-order valence-corrected chi connectivity index (χ0v) is 50.2. The summed E-state index contributed by atoms with van der Waals surface area (Å²) in [6.45, 7) is 30.0. The van der Waals surface area contributed by atoms with E-state index in [-0.39, 0.29) is 48.5 Å². The van der Waals surface area contributed by atoms with Crippen LogP contribution in [0.1, 0.15) is 151 Å². The number of benzene rings is 1. The van der Waals surface area contributed by atoms with E-state index in [2.05, 4.69) is 14.7 Å². The van der Waals surface area contributed by atoms with Crippen LogP contribution in [0.3, 0.4) is 0 Å². The Balaban J connectivity index is 0.0000183. The van der Waals surface area contributed by atoms with Crippen LogP contribution in [0, 0.1) is 21.7 Å². The third-order valence-electron chi connectivity index (χ3n) is 15.3. The van der Waals surface area contributed by atoms with E-state index in [1.807, 2.05) is 30.3 Å². The molecule has 2 saturated heterocycles. The third-order valence-corrected chi connectivity index (χ3v) is 15.8. The molecule has 1 N–H and O–H groups in total. The van der Waals surface area contributed by atoms with Gasteiger partial charge in [-0.1, -0.05) is 37.3 Å². The molecule has 3 rings (SSSR count). The molecule has 1 aromatic carbocycles. The van der Waals surface area contributed by atoms with E-state index in [1.165, 1.54) is 48.5 Å². The second-order valence-corrected chi connectivity index (χ2v) is 24.1. The van der Waals surface area contributed by atoms with Crippen molar-refractivity contribution in [2.75, 3.05) is 26.9 Å². The maximum atomic E-state index is 14.6. The van der Waals surface area contributed by atoms with E-state index in [0.717, 1.165) is 12.7 Å². The van der Waals surface area contributed by atoms with E-state index < -0.39 is 128 Å². The van der Waals surface area contributed by atoms with E-state index in [4.69, 9.17) is 46.8 Å². The number of carbonyl (C=O) groups is 6. The van der Waals surface area contributed by atoms with Crippen molar-refractivity contribution in [1.29, 1.82) is 0 Å². The van der Waals surface area contributed by atoms with E-state index >= 15 is 0 Å². The maximum Gasteiger partial charge on any atom is 1.00 e. The van der Waals surface area contributed by atoms with Crippen molar-refractivity contribution in [1.82, 2.24) is 5.32 Å². The van der Waals surface area contributed by atoms with Crippen LogP contribution in [0.25, 0.3) is 0 Å². The average Bonchev–Trinajstić information content (AvgIpc) is 3.24. The fraction of sp³-hybridized carbons (Fsp3) is 0.765. The summed E-state index contributed by atoms with van der Waals surface area (Å²) >= 11 is 0.128. The quantitative estimate of drug-likeness (QED) is 0.0420. The molecule has 0 bridgehead atoms. The first-order valence-electron chi connectivity index (χ1n) is 23.6. The van der Waals surface area contributed by atoms with Gasteiger partial charge in [-0.3, -0.25) is 33.2 Å². The van der Waals surface area contributed by atoms with Gasteiger partial charge in [-0.25, -0.2) is 4.79 Å². The number of hydrogen-bond donors (Lipinski definition) is 1. The minimum Gasteiger partial charge on any atom is -0.691 e. The second-order valence-electron chi connectivity index (χ2n) is 23.7. The fourth-order valence-electron chi connectivity index (χ4n) is 9.44. The molecule has 2 heterocycles. The van der Waals surface area contributed by atoms with Crippen molar-refractivity contribution in [2.45, 2.75) is 203 Å². The van der Waals surface area contributed by atoms with Crippen LogP contribution in [-0.2, 0) is 91.6 Å². The summed E-state index contributed by atoms with van der Waals surface area (Å²) in [5, 5.41) is 18.0. The molecule has 2 fully saturated rings. The van der Waals surface area contributed by atoms with E-state index in [0.29, 0.717) is 0 Å². The molecule has 2 aliphatic heterocycles. The van der Waals surface area contributed by atoms with Gasteiger partial charge in [0.2, 0.25) is 11.5 Å². The van der Waals surface area contributed by atoms with Crippen LogP contribution in [0.2, 0.25) is 0 Å². The van der Waals surface area contributed by atoms with Crippen LogP contribution in [0.4, 0.5) is 0 Å². The fourth-order valence-corrected chi connectivity index (χ4v) is 9.99. The Morgan fingerprint density at radius 1 is 0.644 bits per heavy atom. The molecule has 4 unspecified atom stereocenters. The summed E-state index contributed by atoms with van der Waals surface area (Å²) in [6, 6.07) is 9.11. The third kappa shape index (κ3) is 12.0. The van der Waals surface area contributed by atoms with Gasteiger partial charge in [-0.2, -0.15) is 0 Å². The zero-order chi connectivity index (χ0) is 55.8. The van der Waals surface area contributed by atoms with Crippen molar-refractivity contribution in [2.24, 2.45) is 21.7 Å². The Labute approximate surface area is 457 Å². The molecule has 2 aliphatic rings. The molecule has 410 valence electrons. The number of nitrogens with one attached hydrogen (secondary N) is 1. The standard InChI is InChI=1S/C51H81NO19S.Na/c1-32(53)52-46(16)42(12,47(17,69-72-71-70-59)44(14,31-62-33(2)54)68-51(46,21)63-28-34-26-24-23-25-27-34)29-61-30-43(13)48(18,64-35(55)39(3,4)5)50(20,66-37(57)41(9,10)11)49(19,65-36(56)40(6,7)8)45(15,67-43)38(58)60-22;/h23-27,59H,28-31H2,1-22H3,(H,52,53);/q;+1/p-1/t42-,43?,44?,45?,46-,47-,48+,49+,50+,51?;/m0./s1. The average molecular weight is 1070 g/mol.